The van der Waals surface area contributed by atoms with Crippen LogP contribution >= 0.6 is 39.0 Å². The second-order valence-corrected chi connectivity index (χ2v) is 8.39. The van der Waals surface area contributed by atoms with Gasteiger partial charge in [0, 0.05) is 11.4 Å². The number of imidazole rings is 1. The summed E-state index contributed by atoms with van der Waals surface area (Å²) in [5, 5.41) is 3.84. The fourth-order valence-electron chi connectivity index (χ4n) is 2.28. The second-order valence-electron chi connectivity index (χ2n) is 4.90. The van der Waals surface area contributed by atoms with E-state index in [1.807, 2.05) is 30.3 Å². The molecule has 0 saturated carbocycles. The van der Waals surface area contributed by atoms with Gasteiger partial charge in [0.1, 0.15) is 0 Å². The first-order valence-electron chi connectivity index (χ1n) is 7.26. The van der Waals surface area contributed by atoms with Crippen molar-refractivity contribution < 1.29 is 4.79 Å². The molecule has 1 N–H and O–H groups in total. The number of carbonyl (C=O) groups excluding carboxylic acids is 1. The summed E-state index contributed by atoms with van der Waals surface area (Å²) in [7, 11) is 0. The number of para-hydroxylation sites is 2. The molecule has 3 aromatic rings. The van der Waals surface area contributed by atoms with Crippen LogP contribution in [0.15, 0.2) is 45.3 Å². The molecule has 4 nitrogen and oxygen atoms in total. The van der Waals surface area contributed by atoms with Gasteiger partial charge in [0.15, 0.2) is 5.16 Å². The van der Waals surface area contributed by atoms with Crippen molar-refractivity contribution in [2.75, 3.05) is 5.75 Å². The van der Waals surface area contributed by atoms with Crippen LogP contribution in [0, 0.1) is 0 Å². The Morgan fingerprint density at radius 3 is 2.91 bits per heavy atom. The van der Waals surface area contributed by atoms with Crippen LogP contribution in [0.2, 0.25) is 0 Å². The second kappa shape index (κ2) is 7.51. The standard InChI is InChI=1S/C16H16BrN3OS2/c1-2-20-13-6-4-3-5-12(13)19-16(20)22-10-15(21)18-9-11-7-8-14(17)23-11/h3-8H,2,9-10H2,1H3,(H,18,21). The maximum atomic E-state index is 12.0. The normalized spacial score (nSPS) is 11.0. The molecular weight excluding hydrogens is 394 g/mol. The van der Waals surface area contributed by atoms with Gasteiger partial charge in [0.25, 0.3) is 0 Å². The molecule has 0 saturated heterocycles. The Morgan fingerprint density at radius 2 is 2.17 bits per heavy atom. The Balaban J connectivity index is 1.60. The van der Waals surface area contributed by atoms with Crippen molar-refractivity contribution >= 4 is 56.0 Å². The number of carbonyl (C=O) groups is 1. The molecule has 2 aromatic heterocycles. The number of halogens is 1. The van der Waals surface area contributed by atoms with E-state index in [0.29, 0.717) is 12.3 Å². The number of hydrogen-bond acceptors (Lipinski definition) is 4. The zero-order valence-electron chi connectivity index (χ0n) is 12.6. The summed E-state index contributed by atoms with van der Waals surface area (Å²) >= 11 is 6.54. The highest BCUT2D eigenvalue weighted by atomic mass is 79.9. The van der Waals surface area contributed by atoms with E-state index in [0.717, 1.165) is 31.4 Å². The largest absolute Gasteiger partial charge is 0.350 e. The molecule has 1 aromatic carbocycles. The van der Waals surface area contributed by atoms with E-state index in [9.17, 15) is 4.79 Å². The lowest BCUT2D eigenvalue weighted by Crippen LogP contribution is -2.24. The number of aromatic nitrogens is 2. The van der Waals surface area contributed by atoms with Crippen molar-refractivity contribution in [3.63, 3.8) is 0 Å². The molecule has 3 rings (SSSR count). The number of amides is 1. The topological polar surface area (TPSA) is 46.9 Å². The maximum absolute atomic E-state index is 12.0. The molecule has 0 bridgehead atoms. The van der Waals surface area contributed by atoms with E-state index >= 15 is 0 Å². The summed E-state index contributed by atoms with van der Waals surface area (Å²) in [6.07, 6.45) is 0. The third-order valence-corrected chi connectivity index (χ3v) is 5.96. The summed E-state index contributed by atoms with van der Waals surface area (Å²) in [5.41, 5.74) is 2.09. The Labute approximate surface area is 151 Å². The van der Waals surface area contributed by atoms with Gasteiger partial charge in [-0.05, 0) is 47.1 Å². The minimum absolute atomic E-state index is 0.0224. The van der Waals surface area contributed by atoms with Gasteiger partial charge in [-0.2, -0.15) is 0 Å². The van der Waals surface area contributed by atoms with Crippen LogP contribution in [0.1, 0.15) is 11.8 Å². The molecule has 0 aliphatic heterocycles. The molecule has 1 amide bonds. The van der Waals surface area contributed by atoms with Crippen LogP contribution in [0.5, 0.6) is 0 Å². The molecule has 120 valence electrons. The SMILES string of the molecule is CCn1c(SCC(=O)NCc2ccc(Br)s2)nc2ccccc21. The van der Waals surface area contributed by atoms with Crippen LogP contribution < -0.4 is 5.32 Å². The van der Waals surface area contributed by atoms with Gasteiger partial charge >= 0.3 is 0 Å². The van der Waals surface area contributed by atoms with Crippen LogP contribution in [0.3, 0.4) is 0 Å². The lowest BCUT2D eigenvalue weighted by Gasteiger charge is -2.06. The summed E-state index contributed by atoms with van der Waals surface area (Å²) in [6.45, 7) is 3.50. The van der Waals surface area contributed by atoms with Gasteiger partial charge in [-0.25, -0.2) is 4.98 Å². The van der Waals surface area contributed by atoms with Gasteiger partial charge < -0.3 is 9.88 Å². The van der Waals surface area contributed by atoms with Crippen molar-refractivity contribution in [3.8, 4) is 0 Å². The minimum Gasteiger partial charge on any atom is -0.350 e. The predicted octanol–water partition coefficient (Wildman–Crippen LogP) is 4.29. The highest BCUT2D eigenvalue weighted by Gasteiger charge is 2.11. The van der Waals surface area contributed by atoms with Crippen molar-refractivity contribution in [3.05, 3.63) is 45.1 Å². The third-order valence-electron chi connectivity index (χ3n) is 3.36. The molecule has 2 heterocycles. The van der Waals surface area contributed by atoms with E-state index in [-0.39, 0.29) is 5.91 Å². The number of benzene rings is 1. The van der Waals surface area contributed by atoms with E-state index in [2.05, 4.69) is 43.8 Å². The summed E-state index contributed by atoms with van der Waals surface area (Å²) in [6, 6.07) is 12.1. The first-order valence-corrected chi connectivity index (χ1v) is 9.86. The average molecular weight is 410 g/mol. The summed E-state index contributed by atoms with van der Waals surface area (Å²) in [5.74, 6) is 0.393. The number of nitrogens with zero attached hydrogens (tertiary/aromatic N) is 2. The maximum Gasteiger partial charge on any atom is 0.230 e. The van der Waals surface area contributed by atoms with Crippen molar-refractivity contribution in [2.24, 2.45) is 0 Å². The molecule has 0 radical (unpaired) electrons. The Bertz CT molecular complexity index is 828. The molecule has 0 aliphatic rings. The Kier molecular flexibility index (Phi) is 5.40. The zero-order valence-corrected chi connectivity index (χ0v) is 15.8. The lowest BCUT2D eigenvalue weighted by molar-refractivity contribution is -0.118. The van der Waals surface area contributed by atoms with E-state index in [1.165, 1.54) is 11.8 Å². The van der Waals surface area contributed by atoms with Gasteiger partial charge in [-0.1, -0.05) is 23.9 Å². The number of fused-ring (bicyclic) bond motifs is 1. The average Bonchev–Trinajstić information content (AvgIpc) is 3.13. The van der Waals surface area contributed by atoms with Gasteiger partial charge in [-0.3, -0.25) is 4.79 Å². The number of rotatable bonds is 6. The molecule has 0 spiro atoms. The molecule has 0 unspecified atom stereocenters. The third kappa shape index (κ3) is 3.97. The smallest absolute Gasteiger partial charge is 0.230 e. The number of hydrogen-bond donors (Lipinski definition) is 1. The predicted molar refractivity (Wildman–Crippen MR) is 100.0 cm³/mol. The molecule has 7 heteroatoms. The van der Waals surface area contributed by atoms with Crippen molar-refractivity contribution in [1.29, 1.82) is 0 Å². The first kappa shape index (κ1) is 16.5. The molecule has 0 aliphatic carbocycles. The van der Waals surface area contributed by atoms with Crippen LogP contribution in [0.25, 0.3) is 11.0 Å². The summed E-state index contributed by atoms with van der Waals surface area (Å²) < 4.78 is 3.22. The first-order chi connectivity index (χ1) is 11.2. The van der Waals surface area contributed by atoms with Crippen LogP contribution in [-0.2, 0) is 17.9 Å². The number of nitrogens with one attached hydrogen (secondary N) is 1. The summed E-state index contributed by atoms with van der Waals surface area (Å²) in [4.78, 5) is 17.8. The quantitative estimate of drug-likeness (QED) is 0.617. The molecule has 23 heavy (non-hydrogen) atoms. The number of thiophene rings is 1. The fraction of sp³-hybridized carbons (Fsp3) is 0.250. The molecule has 0 atom stereocenters. The highest BCUT2D eigenvalue weighted by molar-refractivity contribution is 9.11. The van der Waals surface area contributed by atoms with E-state index in [4.69, 9.17) is 0 Å². The van der Waals surface area contributed by atoms with Gasteiger partial charge in [-0.15, -0.1) is 11.3 Å². The fourth-order valence-corrected chi connectivity index (χ4v) is 4.61. The monoisotopic (exact) mass is 409 g/mol. The highest BCUT2D eigenvalue weighted by Crippen LogP contribution is 2.24. The minimum atomic E-state index is 0.0224. The Morgan fingerprint density at radius 1 is 1.35 bits per heavy atom. The number of aryl methyl sites for hydroxylation is 1. The van der Waals surface area contributed by atoms with Crippen LogP contribution in [0.4, 0.5) is 0 Å². The zero-order chi connectivity index (χ0) is 16.2. The lowest BCUT2D eigenvalue weighted by atomic mass is 10.3. The van der Waals surface area contributed by atoms with Gasteiger partial charge in [0.05, 0.1) is 27.1 Å². The van der Waals surface area contributed by atoms with E-state index in [1.54, 1.807) is 11.3 Å². The van der Waals surface area contributed by atoms with Gasteiger partial charge in [0.2, 0.25) is 5.91 Å². The Hall–Kier alpha value is -1.31. The molecular formula is C16H16BrN3OS2. The van der Waals surface area contributed by atoms with Crippen LogP contribution in [-0.4, -0.2) is 21.2 Å². The van der Waals surface area contributed by atoms with Crippen molar-refractivity contribution in [2.45, 2.75) is 25.2 Å². The number of thioether (sulfide) groups is 1. The van der Waals surface area contributed by atoms with E-state index < -0.39 is 0 Å². The molecule has 0 fully saturated rings. The van der Waals surface area contributed by atoms with Crippen molar-refractivity contribution in [1.82, 2.24) is 14.9 Å².